The van der Waals surface area contributed by atoms with Crippen LogP contribution >= 0.6 is 0 Å². The standard InChI is InChI=1S/C12H15F3N2O/c1-8-9(4-3-5-10(8)16)11(18)17(2)7-6-12(13,14)15/h3-5H,6-7,16H2,1-2H3. The molecule has 2 N–H and O–H groups in total. The Hall–Kier alpha value is -1.72. The number of nitrogen functional groups attached to an aromatic ring is 1. The SMILES string of the molecule is Cc1c(N)cccc1C(=O)N(C)CCC(F)(F)F. The molecule has 1 aromatic rings. The molecule has 3 nitrogen and oxygen atoms in total. The van der Waals surface area contributed by atoms with Crippen molar-refractivity contribution in [1.82, 2.24) is 4.90 Å². The fraction of sp³-hybridized carbons (Fsp3) is 0.417. The first-order valence-electron chi connectivity index (χ1n) is 5.39. The van der Waals surface area contributed by atoms with Gasteiger partial charge in [-0.25, -0.2) is 0 Å². The number of hydrogen-bond donors (Lipinski definition) is 1. The monoisotopic (exact) mass is 260 g/mol. The minimum Gasteiger partial charge on any atom is -0.398 e. The van der Waals surface area contributed by atoms with Crippen molar-refractivity contribution in [2.24, 2.45) is 0 Å². The molecule has 0 aromatic heterocycles. The van der Waals surface area contributed by atoms with Gasteiger partial charge in [-0.3, -0.25) is 4.79 Å². The van der Waals surface area contributed by atoms with Gasteiger partial charge in [0.1, 0.15) is 0 Å². The van der Waals surface area contributed by atoms with Crippen LogP contribution in [0.1, 0.15) is 22.3 Å². The Kier molecular flexibility index (Phi) is 4.21. The van der Waals surface area contributed by atoms with Crippen LogP contribution in [0.5, 0.6) is 0 Å². The number of halogens is 3. The lowest BCUT2D eigenvalue weighted by Crippen LogP contribution is -2.31. The summed E-state index contributed by atoms with van der Waals surface area (Å²) in [6, 6.07) is 4.80. The van der Waals surface area contributed by atoms with Crippen LogP contribution in [0.2, 0.25) is 0 Å². The lowest BCUT2D eigenvalue weighted by atomic mass is 10.1. The summed E-state index contributed by atoms with van der Waals surface area (Å²) in [5.41, 5.74) is 7.02. The van der Waals surface area contributed by atoms with Gasteiger partial charge >= 0.3 is 6.18 Å². The zero-order valence-electron chi connectivity index (χ0n) is 10.2. The number of anilines is 1. The third kappa shape index (κ3) is 3.65. The van der Waals surface area contributed by atoms with Gasteiger partial charge in [-0.05, 0) is 24.6 Å². The molecule has 0 aliphatic carbocycles. The summed E-state index contributed by atoms with van der Waals surface area (Å²) in [6.07, 6.45) is -5.28. The van der Waals surface area contributed by atoms with E-state index in [1.165, 1.54) is 7.05 Å². The van der Waals surface area contributed by atoms with Crippen molar-refractivity contribution in [3.63, 3.8) is 0 Å². The van der Waals surface area contributed by atoms with Gasteiger partial charge in [-0.1, -0.05) is 6.07 Å². The van der Waals surface area contributed by atoms with E-state index in [1.54, 1.807) is 25.1 Å². The van der Waals surface area contributed by atoms with Crippen molar-refractivity contribution in [3.8, 4) is 0 Å². The van der Waals surface area contributed by atoms with Crippen LogP contribution in [0, 0.1) is 6.92 Å². The highest BCUT2D eigenvalue weighted by Gasteiger charge is 2.28. The highest BCUT2D eigenvalue weighted by molar-refractivity contribution is 5.96. The van der Waals surface area contributed by atoms with E-state index in [9.17, 15) is 18.0 Å². The fourth-order valence-electron chi connectivity index (χ4n) is 1.49. The van der Waals surface area contributed by atoms with E-state index in [-0.39, 0.29) is 6.54 Å². The van der Waals surface area contributed by atoms with E-state index in [1.807, 2.05) is 0 Å². The van der Waals surface area contributed by atoms with Gasteiger partial charge in [-0.2, -0.15) is 13.2 Å². The molecule has 1 rings (SSSR count). The second-order valence-electron chi connectivity index (χ2n) is 4.11. The summed E-state index contributed by atoms with van der Waals surface area (Å²) in [6.45, 7) is 1.30. The first-order chi connectivity index (χ1) is 8.22. The lowest BCUT2D eigenvalue weighted by molar-refractivity contribution is -0.136. The van der Waals surface area contributed by atoms with Crippen molar-refractivity contribution < 1.29 is 18.0 Å². The predicted molar refractivity (Wildman–Crippen MR) is 63.2 cm³/mol. The number of carbonyl (C=O) groups excluding carboxylic acids is 1. The second kappa shape index (κ2) is 5.29. The van der Waals surface area contributed by atoms with Crippen LogP contribution in [0.25, 0.3) is 0 Å². The number of nitrogens with two attached hydrogens (primary N) is 1. The van der Waals surface area contributed by atoms with Gasteiger partial charge < -0.3 is 10.6 Å². The molecule has 6 heteroatoms. The Bertz CT molecular complexity index is 443. The van der Waals surface area contributed by atoms with Gasteiger partial charge in [0.2, 0.25) is 0 Å². The lowest BCUT2D eigenvalue weighted by Gasteiger charge is -2.19. The third-order valence-electron chi connectivity index (χ3n) is 2.68. The molecular weight excluding hydrogens is 245 g/mol. The molecule has 0 unspecified atom stereocenters. The van der Waals surface area contributed by atoms with Crippen molar-refractivity contribution in [2.75, 3.05) is 19.3 Å². The Morgan fingerprint density at radius 2 is 2.00 bits per heavy atom. The molecule has 0 radical (unpaired) electrons. The molecule has 1 amide bonds. The number of hydrogen-bond acceptors (Lipinski definition) is 2. The fourth-order valence-corrected chi connectivity index (χ4v) is 1.49. The van der Waals surface area contributed by atoms with Crippen molar-refractivity contribution in [3.05, 3.63) is 29.3 Å². The second-order valence-corrected chi connectivity index (χ2v) is 4.11. The molecule has 18 heavy (non-hydrogen) atoms. The van der Waals surface area contributed by atoms with Crippen LogP contribution in [-0.2, 0) is 0 Å². The first kappa shape index (κ1) is 14.3. The summed E-state index contributed by atoms with van der Waals surface area (Å²) >= 11 is 0. The molecule has 0 saturated heterocycles. The smallest absolute Gasteiger partial charge is 0.390 e. The van der Waals surface area contributed by atoms with Crippen LogP contribution in [0.3, 0.4) is 0 Å². The normalized spacial score (nSPS) is 11.4. The van der Waals surface area contributed by atoms with E-state index in [0.29, 0.717) is 16.8 Å². The topological polar surface area (TPSA) is 46.3 Å². The molecule has 0 atom stereocenters. The molecule has 1 aromatic carbocycles. The summed E-state index contributed by atoms with van der Waals surface area (Å²) < 4.78 is 36.2. The maximum atomic E-state index is 12.1. The molecule has 0 spiro atoms. The Morgan fingerprint density at radius 3 is 2.56 bits per heavy atom. The number of alkyl halides is 3. The van der Waals surface area contributed by atoms with E-state index in [4.69, 9.17) is 5.73 Å². The van der Waals surface area contributed by atoms with Gasteiger partial charge in [0.15, 0.2) is 0 Å². The minimum absolute atomic E-state index is 0.333. The van der Waals surface area contributed by atoms with Crippen LogP contribution in [-0.4, -0.2) is 30.6 Å². The van der Waals surface area contributed by atoms with E-state index in [2.05, 4.69) is 0 Å². The van der Waals surface area contributed by atoms with Crippen molar-refractivity contribution in [2.45, 2.75) is 19.5 Å². The van der Waals surface area contributed by atoms with Gasteiger partial charge in [0.05, 0.1) is 6.42 Å². The van der Waals surface area contributed by atoms with Crippen molar-refractivity contribution >= 4 is 11.6 Å². The van der Waals surface area contributed by atoms with E-state index < -0.39 is 18.5 Å². The number of rotatable bonds is 3. The molecular formula is C12H15F3N2O. The Morgan fingerprint density at radius 1 is 1.39 bits per heavy atom. The van der Waals surface area contributed by atoms with Gasteiger partial charge in [0.25, 0.3) is 5.91 Å². The van der Waals surface area contributed by atoms with E-state index in [0.717, 1.165) is 4.90 Å². The number of carbonyl (C=O) groups is 1. The zero-order valence-corrected chi connectivity index (χ0v) is 10.2. The zero-order chi connectivity index (χ0) is 13.9. The summed E-state index contributed by atoms with van der Waals surface area (Å²) in [5.74, 6) is -0.455. The summed E-state index contributed by atoms with van der Waals surface area (Å²) in [7, 11) is 1.34. The number of benzene rings is 1. The average Bonchev–Trinajstić information content (AvgIpc) is 2.28. The maximum absolute atomic E-state index is 12.1. The highest BCUT2D eigenvalue weighted by atomic mass is 19.4. The molecule has 0 aliphatic rings. The molecule has 0 heterocycles. The molecule has 0 bridgehead atoms. The van der Waals surface area contributed by atoms with Gasteiger partial charge in [-0.15, -0.1) is 0 Å². The van der Waals surface area contributed by atoms with Crippen molar-refractivity contribution in [1.29, 1.82) is 0 Å². The molecule has 0 saturated carbocycles. The van der Waals surface area contributed by atoms with Gasteiger partial charge in [0, 0.05) is 24.8 Å². The molecule has 100 valence electrons. The highest BCUT2D eigenvalue weighted by Crippen LogP contribution is 2.21. The quantitative estimate of drug-likeness (QED) is 0.849. The van der Waals surface area contributed by atoms with Crippen LogP contribution in [0.15, 0.2) is 18.2 Å². The maximum Gasteiger partial charge on any atom is 0.390 e. The summed E-state index contributed by atoms with van der Waals surface area (Å²) in [5, 5.41) is 0. The number of amides is 1. The van der Waals surface area contributed by atoms with E-state index >= 15 is 0 Å². The Balaban J connectivity index is 2.78. The Labute approximate surface area is 103 Å². The number of nitrogens with zero attached hydrogens (tertiary/aromatic N) is 1. The minimum atomic E-state index is -4.26. The predicted octanol–water partition coefficient (Wildman–Crippen LogP) is 2.60. The summed E-state index contributed by atoms with van der Waals surface area (Å²) in [4.78, 5) is 13.0. The average molecular weight is 260 g/mol. The van der Waals surface area contributed by atoms with Crippen LogP contribution in [0.4, 0.5) is 18.9 Å². The molecule has 0 fully saturated rings. The first-order valence-corrected chi connectivity index (χ1v) is 5.39. The third-order valence-corrected chi connectivity index (χ3v) is 2.68. The largest absolute Gasteiger partial charge is 0.398 e. The molecule has 0 aliphatic heterocycles. The van der Waals surface area contributed by atoms with Crippen LogP contribution < -0.4 is 5.73 Å².